The maximum absolute atomic E-state index is 12.4. The van der Waals surface area contributed by atoms with E-state index in [9.17, 15) is 14.7 Å². The molecule has 2 aromatic rings. The molecule has 6 nitrogen and oxygen atoms in total. The summed E-state index contributed by atoms with van der Waals surface area (Å²) in [5.74, 6) is -1.32. The number of carbonyl (C=O) groups is 2. The number of benzene rings is 2. The Morgan fingerprint density at radius 3 is 2.36 bits per heavy atom. The van der Waals surface area contributed by atoms with Crippen molar-refractivity contribution in [3.63, 3.8) is 0 Å². The first kappa shape index (κ1) is 20.2. The first-order valence-corrected chi connectivity index (χ1v) is 9.77. The third-order valence-electron chi connectivity index (χ3n) is 4.84. The molecular weight excluding hydrogens is 378 g/mol. The molecule has 28 heavy (non-hydrogen) atoms. The minimum atomic E-state index is -1.01. The summed E-state index contributed by atoms with van der Waals surface area (Å²) in [7, 11) is 0. The molecule has 7 heteroatoms. The Kier molecular flexibility index (Phi) is 6.54. The number of hydrogen-bond donors (Lipinski definition) is 2. The molecule has 1 aliphatic rings. The van der Waals surface area contributed by atoms with Crippen LogP contribution >= 0.6 is 11.6 Å². The average molecular weight is 402 g/mol. The van der Waals surface area contributed by atoms with Crippen molar-refractivity contribution in [1.82, 2.24) is 4.90 Å². The van der Waals surface area contributed by atoms with E-state index in [0.717, 1.165) is 39.1 Å². The summed E-state index contributed by atoms with van der Waals surface area (Å²) in [6.07, 6.45) is 1.11. The molecule has 1 amide bonds. The fourth-order valence-electron chi connectivity index (χ4n) is 3.39. The summed E-state index contributed by atoms with van der Waals surface area (Å²) in [5.41, 5.74) is 1.79. The highest BCUT2D eigenvalue weighted by Crippen LogP contribution is 2.26. The predicted octanol–water partition coefficient (Wildman–Crippen LogP) is 3.82. The van der Waals surface area contributed by atoms with Crippen LogP contribution in [-0.2, 0) is 0 Å². The van der Waals surface area contributed by atoms with Gasteiger partial charge in [0.2, 0.25) is 0 Å². The maximum Gasteiger partial charge on any atom is 0.337 e. The second-order valence-electron chi connectivity index (χ2n) is 6.83. The van der Waals surface area contributed by atoms with Gasteiger partial charge in [-0.25, -0.2) is 4.79 Å². The van der Waals surface area contributed by atoms with E-state index in [1.54, 1.807) is 36.4 Å². The third kappa shape index (κ3) is 4.82. The van der Waals surface area contributed by atoms with Gasteiger partial charge in [-0.1, -0.05) is 18.5 Å². The monoisotopic (exact) mass is 401 g/mol. The molecule has 0 saturated carbocycles. The van der Waals surface area contributed by atoms with Crippen LogP contribution in [0.25, 0.3) is 0 Å². The molecule has 2 N–H and O–H groups in total. The van der Waals surface area contributed by atoms with Gasteiger partial charge in [0.25, 0.3) is 5.91 Å². The Bertz CT molecular complexity index is 846. The molecule has 0 aromatic heterocycles. The molecule has 0 unspecified atom stereocenters. The normalized spacial score (nSPS) is 14.7. The molecule has 1 aliphatic heterocycles. The molecule has 0 bridgehead atoms. The predicted molar refractivity (Wildman–Crippen MR) is 112 cm³/mol. The zero-order valence-corrected chi connectivity index (χ0v) is 16.6. The smallest absolute Gasteiger partial charge is 0.337 e. The summed E-state index contributed by atoms with van der Waals surface area (Å²) in [5, 5.41) is 13.0. The zero-order chi connectivity index (χ0) is 20.1. The Balaban J connectivity index is 1.75. The van der Waals surface area contributed by atoms with Gasteiger partial charge in [0.1, 0.15) is 0 Å². The van der Waals surface area contributed by atoms with Gasteiger partial charge < -0.3 is 15.3 Å². The number of anilines is 2. The van der Waals surface area contributed by atoms with Crippen LogP contribution < -0.4 is 10.2 Å². The van der Waals surface area contributed by atoms with Crippen LogP contribution in [0.3, 0.4) is 0 Å². The van der Waals surface area contributed by atoms with Gasteiger partial charge in [0.05, 0.1) is 11.3 Å². The molecule has 1 fully saturated rings. The second kappa shape index (κ2) is 9.08. The highest BCUT2D eigenvalue weighted by Gasteiger charge is 2.21. The lowest BCUT2D eigenvalue weighted by atomic mass is 10.1. The Morgan fingerprint density at radius 2 is 1.75 bits per heavy atom. The highest BCUT2D eigenvalue weighted by atomic mass is 35.5. The third-order valence-corrected chi connectivity index (χ3v) is 5.10. The molecule has 0 spiro atoms. The van der Waals surface area contributed by atoms with Crippen molar-refractivity contribution >= 4 is 34.9 Å². The first-order valence-electron chi connectivity index (χ1n) is 9.39. The fraction of sp³-hybridized carbons (Fsp3) is 0.333. The quantitative estimate of drug-likeness (QED) is 0.769. The number of halogens is 1. The van der Waals surface area contributed by atoms with Crippen molar-refractivity contribution in [1.29, 1.82) is 0 Å². The highest BCUT2D eigenvalue weighted by molar-refractivity contribution is 6.30. The van der Waals surface area contributed by atoms with E-state index >= 15 is 0 Å². The number of carboxylic acid groups (broad SMARTS) is 1. The Morgan fingerprint density at radius 1 is 1.07 bits per heavy atom. The molecule has 1 heterocycles. The molecule has 0 radical (unpaired) electrons. The maximum atomic E-state index is 12.4. The van der Waals surface area contributed by atoms with Gasteiger partial charge in [-0.3, -0.25) is 9.69 Å². The van der Waals surface area contributed by atoms with Crippen molar-refractivity contribution in [2.45, 2.75) is 13.3 Å². The molecule has 0 aliphatic carbocycles. The van der Waals surface area contributed by atoms with Crippen molar-refractivity contribution < 1.29 is 14.7 Å². The van der Waals surface area contributed by atoms with E-state index in [1.807, 2.05) is 0 Å². The van der Waals surface area contributed by atoms with Gasteiger partial charge in [-0.05, 0) is 55.4 Å². The molecule has 1 saturated heterocycles. The van der Waals surface area contributed by atoms with E-state index in [-0.39, 0.29) is 11.5 Å². The van der Waals surface area contributed by atoms with Crippen LogP contribution in [0.1, 0.15) is 34.1 Å². The summed E-state index contributed by atoms with van der Waals surface area (Å²) in [4.78, 5) is 28.7. The number of nitrogens with one attached hydrogen (secondary N) is 1. The summed E-state index contributed by atoms with van der Waals surface area (Å²) < 4.78 is 0. The lowest BCUT2D eigenvalue weighted by Crippen LogP contribution is -2.47. The number of piperazine rings is 1. The van der Waals surface area contributed by atoms with Crippen LogP contribution in [0.2, 0.25) is 5.02 Å². The number of carboxylic acids is 1. The first-order chi connectivity index (χ1) is 13.5. The van der Waals surface area contributed by atoms with Crippen LogP contribution in [0.5, 0.6) is 0 Å². The van der Waals surface area contributed by atoms with E-state index in [0.29, 0.717) is 22.0 Å². The fourth-order valence-corrected chi connectivity index (χ4v) is 3.52. The van der Waals surface area contributed by atoms with E-state index < -0.39 is 5.97 Å². The average Bonchev–Trinajstić information content (AvgIpc) is 2.69. The number of hydrogen-bond acceptors (Lipinski definition) is 4. The summed E-state index contributed by atoms with van der Waals surface area (Å²) >= 11 is 5.85. The number of carbonyl (C=O) groups excluding carboxylic acids is 1. The number of aromatic carboxylic acids is 1. The SMILES string of the molecule is CCCN1CCN(c2ccc(NC(=O)c3ccc(Cl)cc3)cc2C(=O)O)CC1. The minimum absolute atomic E-state index is 0.192. The topological polar surface area (TPSA) is 72.9 Å². The van der Waals surface area contributed by atoms with E-state index in [1.165, 1.54) is 6.07 Å². The number of amides is 1. The molecule has 3 rings (SSSR count). The number of nitrogens with zero attached hydrogens (tertiary/aromatic N) is 2. The van der Waals surface area contributed by atoms with Crippen molar-refractivity contribution in [3.05, 3.63) is 58.6 Å². The molecular formula is C21H24ClN3O3. The van der Waals surface area contributed by atoms with E-state index in [4.69, 9.17) is 11.6 Å². The standard InChI is InChI=1S/C21H24ClN3O3/c1-2-9-24-10-12-25(13-11-24)19-8-7-17(14-18(19)21(27)28)23-20(26)15-3-5-16(22)6-4-15/h3-8,14H,2,9-13H2,1H3,(H,23,26)(H,27,28). The van der Waals surface area contributed by atoms with Gasteiger partial charge in [0.15, 0.2) is 0 Å². The lowest BCUT2D eigenvalue weighted by molar-refractivity contribution is 0.0697. The van der Waals surface area contributed by atoms with Crippen LogP contribution in [-0.4, -0.2) is 54.6 Å². The van der Waals surface area contributed by atoms with Gasteiger partial charge in [0, 0.05) is 42.5 Å². The van der Waals surface area contributed by atoms with Crippen molar-refractivity contribution in [3.8, 4) is 0 Å². The van der Waals surface area contributed by atoms with Gasteiger partial charge in [-0.15, -0.1) is 0 Å². The number of rotatable bonds is 6. The zero-order valence-electron chi connectivity index (χ0n) is 15.8. The van der Waals surface area contributed by atoms with Gasteiger partial charge >= 0.3 is 5.97 Å². The largest absolute Gasteiger partial charge is 0.478 e. The van der Waals surface area contributed by atoms with Crippen molar-refractivity contribution in [2.75, 3.05) is 42.9 Å². The molecule has 148 valence electrons. The lowest BCUT2D eigenvalue weighted by Gasteiger charge is -2.36. The summed E-state index contributed by atoms with van der Waals surface area (Å²) in [6, 6.07) is 11.6. The summed E-state index contributed by atoms with van der Waals surface area (Å²) in [6.45, 7) is 6.64. The molecule has 2 aromatic carbocycles. The van der Waals surface area contributed by atoms with Crippen molar-refractivity contribution in [2.24, 2.45) is 0 Å². The van der Waals surface area contributed by atoms with Crippen LogP contribution in [0.4, 0.5) is 11.4 Å². The van der Waals surface area contributed by atoms with Crippen LogP contribution in [0, 0.1) is 0 Å². The van der Waals surface area contributed by atoms with Gasteiger partial charge in [-0.2, -0.15) is 0 Å². The van der Waals surface area contributed by atoms with E-state index in [2.05, 4.69) is 22.0 Å². The minimum Gasteiger partial charge on any atom is -0.478 e. The Labute approximate surface area is 169 Å². The van der Waals surface area contributed by atoms with Crippen LogP contribution in [0.15, 0.2) is 42.5 Å². The second-order valence-corrected chi connectivity index (χ2v) is 7.26. The Hall–Kier alpha value is -2.57. The molecule has 0 atom stereocenters.